The number of nitrogens with one attached hydrogen (secondary N) is 1. The lowest BCUT2D eigenvalue weighted by atomic mass is 10.00. The summed E-state index contributed by atoms with van der Waals surface area (Å²) in [7, 11) is 0.338. The smallest absolute Gasteiger partial charge is 0.338 e. The number of carbonyl (C=O) groups excluding carboxylic acids is 1. The third-order valence-corrected chi connectivity index (χ3v) is 8.66. The largest absolute Gasteiger partial charge is 0.494 e. The molecule has 0 fully saturated rings. The third kappa shape index (κ3) is 7.18. The Bertz CT molecular complexity index is 1650. The van der Waals surface area contributed by atoms with Gasteiger partial charge >= 0.3 is 5.97 Å². The molecule has 3 aromatic carbocycles. The number of unbranched alkanes of at least 4 members (excludes halogenated alkanes) is 1. The molecule has 0 aliphatic carbocycles. The Labute approximate surface area is 247 Å². The first kappa shape index (κ1) is 30.8. The molecule has 4 rings (SSSR count). The van der Waals surface area contributed by atoms with Gasteiger partial charge in [-0.15, -0.1) is 0 Å². The van der Waals surface area contributed by atoms with Crippen LogP contribution in [-0.2, 0) is 14.8 Å². The fourth-order valence-corrected chi connectivity index (χ4v) is 6.28. The molecule has 42 heavy (non-hydrogen) atoms. The Hall–Kier alpha value is -4.15. The van der Waals surface area contributed by atoms with Crippen molar-refractivity contribution in [3.8, 4) is 5.88 Å². The summed E-state index contributed by atoms with van der Waals surface area (Å²) in [5.74, 6) is -0.433. The number of esters is 1. The molecule has 9 nitrogen and oxygen atoms in total. The van der Waals surface area contributed by atoms with Gasteiger partial charge in [-0.25, -0.2) is 18.2 Å². The van der Waals surface area contributed by atoms with Crippen LogP contribution in [0.25, 0.3) is 10.9 Å². The molecule has 1 heterocycles. The summed E-state index contributed by atoms with van der Waals surface area (Å²) in [4.78, 5) is 22.1. The molecule has 0 unspecified atom stereocenters. The van der Waals surface area contributed by atoms with Gasteiger partial charge in [0.2, 0.25) is 10.0 Å². The van der Waals surface area contributed by atoms with Crippen LogP contribution in [0.1, 0.15) is 48.2 Å². The Morgan fingerprint density at radius 2 is 1.67 bits per heavy atom. The van der Waals surface area contributed by atoms with Crippen LogP contribution in [0, 0.1) is 0 Å². The molecule has 0 atom stereocenters. The van der Waals surface area contributed by atoms with Crippen LogP contribution >= 0.6 is 0 Å². The van der Waals surface area contributed by atoms with E-state index in [-0.39, 0.29) is 18.2 Å². The lowest BCUT2D eigenvalue weighted by Gasteiger charge is -2.26. The van der Waals surface area contributed by atoms with Crippen LogP contribution in [0.5, 0.6) is 5.88 Å². The van der Waals surface area contributed by atoms with Crippen LogP contribution in [-0.4, -0.2) is 74.6 Å². The molecule has 0 aliphatic rings. The second kappa shape index (κ2) is 13.7. The van der Waals surface area contributed by atoms with Gasteiger partial charge in [0.15, 0.2) is 5.88 Å². The van der Waals surface area contributed by atoms with E-state index in [1.165, 1.54) is 4.31 Å². The predicted molar refractivity (Wildman–Crippen MR) is 169 cm³/mol. The SMILES string of the molecule is CCCCS(=O)(=O)N(CCN(C)C)c1ccc(N=C(c2ccccc2)c2c(O)[nH]c3cc(C(=O)OCC)ccc23)cc1. The van der Waals surface area contributed by atoms with E-state index >= 15 is 0 Å². The van der Waals surface area contributed by atoms with Crippen molar-refractivity contribution in [2.75, 3.05) is 43.8 Å². The van der Waals surface area contributed by atoms with Gasteiger partial charge in [-0.1, -0.05) is 49.7 Å². The summed E-state index contributed by atoms with van der Waals surface area (Å²) in [6.07, 6.45) is 1.39. The van der Waals surface area contributed by atoms with Gasteiger partial charge in [-0.05, 0) is 63.8 Å². The van der Waals surface area contributed by atoms with Crippen LogP contribution in [0.4, 0.5) is 11.4 Å². The van der Waals surface area contributed by atoms with Gasteiger partial charge in [0, 0.05) is 29.6 Å². The molecule has 4 aromatic rings. The highest BCUT2D eigenvalue weighted by Gasteiger charge is 2.23. The van der Waals surface area contributed by atoms with Crippen LogP contribution in [0.2, 0.25) is 0 Å². The molecule has 0 radical (unpaired) electrons. The summed E-state index contributed by atoms with van der Waals surface area (Å²) in [5, 5.41) is 11.7. The molecule has 0 aliphatic heterocycles. The quantitative estimate of drug-likeness (QED) is 0.152. The zero-order valence-electron chi connectivity index (χ0n) is 24.5. The van der Waals surface area contributed by atoms with Gasteiger partial charge in [0.05, 0.1) is 40.6 Å². The minimum absolute atomic E-state index is 0.0814. The van der Waals surface area contributed by atoms with Crippen molar-refractivity contribution in [3.63, 3.8) is 0 Å². The van der Waals surface area contributed by atoms with E-state index in [4.69, 9.17) is 9.73 Å². The molecule has 0 spiro atoms. The van der Waals surface area contributed by atoms with Crippen molar-refractivity contribution >= 4 is 44.0 Å². The zero-order chi connectivity index (χ0) is 30.3. The number of H-pyrrole nitrogens is 1. The van der Waals surface area contributed by atoms with E-state index in [9.17, 15) is 18.3 Å². The maximum atomic E-state index is 13.2. The number of likely N-dealkylation sites (N-methyl/N-ethyl adjacent to an activating group) is 1. The topological polar surface area (TPSA) is 115 Å². The number of nitrogens with zero attached hydrogens (tertiary/aromatic N) is 3. The van der Waals surface area contributed by atoms with E-state index < -0.39 is 16.0 Å². The Balaban J connectivity index is 1.77. The van der Waals surface area contributed by atoms with E-state index in [1.807, 2.05) is 56.3 Å². The highest BCUT2D eigenvalue weighted by Crippen LogP contribution is 2.33. The van der Waals surface area contributed by atoms with Gasteiger partial charge in [0.25, 0.3) is 0 Å². The maximum absolute atomic E-state index is 13.2. The van der Waals surface area contributed by atoms with Crippen molar-refractivity contribution in [1.29, 1.82) is 0 Å². The number of aromatic amines is 1. The van der Waals surface area contributed by atoms with Crippen molar-refractivity contribution < 1.29 is 23.1 Å². The van der Waals surface area contributed by atoms with Gasteiger partial charge in [-0.2, -0.15) is 0 Å². The number of anilines is 1. The third-order valence-electron chi connectivity index (χ3n) is 6.79. The summed E-state index contributed by atoms with van der Waals surface area (Å²) < 4.78 is 33.0. The van der Waals surface area contributed by atoms with E-state index in [1.54, 1.807) is 49.4 Å². The number of aromatic nitrogens is 1. The molecule has 0 saturated heterocycles. The molecular weight excluding hydrogens is 552 g/mol. The number of carbonyl (C=O) groups is 1. The average Bonchev–Trinajstić information content (AvgIpc) is 3.30. The lowest BCUT2D eigenvalue weighted by molar-refractivity contribution is 0.0526. The molecule has 0 bridgehead atoms. The minimum Gasteiger partial charge on any atom is -0.494 e. The van der Waals surface area contributed by atoms with Gasteiger partial charge in [-0.3, -0.25) is 4.31 Å². The molecule has 0 saturated carbocycles. The first-order valence-electron chi connectivity index (χ1n) is 14.1. The Morgan fingerprint density at radius 1 is 0.952 bits per heavy atom. The summed E-state index contributed by atoms with van der Waals surface area (Å²) in [5.41, 5.74) is 3.91. The highest BCUT2D eigenvalue weighted by atomic mass is 32.2. The van der Waals surface area contributed by atoms with Crippen molar-refractivity contribution in [2.24, 2.45) is 4.99 Å². The zero-order valence-corrected chi connectivity index (χ0v) is 25.3. The van der Waals surface area contributed by atoms with E-state index in [0.29, 0.717) is 58.6 Å². The van der Waals surface area contributed by atoms with Crippen LogP contribution < -0.4 is 4.31 Å². The van der Waals surface area contributed by atoms with Crippen LogP contribution in [0.3, 0.4) is 0 Å². The highest BCUT2D eigenvalue weighted by molar-refractivity contribution is 7.92. The second-order valence-electron chi connectivity index (χ2n) is 10.2. The van der Waals surface area contributed by atoms with E-state index in [0.717, 1.165) is 12.0 Å². The number of hydrogen-bond donors (Lipinski definition) is 2. The molecule has 222 valence electrons. The van der Waals surface area contributed by atoms with Crippen LogP contribution in [0.15, 0.2) is 77.8 Å². The number of ether oxygens (including phenoxy) is 1. The molecule has 10 heteroatoms. The molecule has 1 aromatic heterocycles. The molecule has 0 amide bonds. The normalized spacial score (nSPS) is 12.2. The summed E-state index contributed by atoms with van der Waals surface area (Å²) >= 11 is 0. The predicted octanol–water partition coefficient (Wildman–Crippen LogP) is 5.72. The fourth-order valence-electron chi connectivity index (χ4n) is 4.60. The number of aliphatic imine (C=N–C) groups is 1. The van der Waals surface area contributed by atoms with Crippen molar-refractivity contribution in [1.82, 2.24) is 9.88 Å². The summed E-state index contributed by atoms with van der Waals surface area (Å²) in [6.45, 7) is 4.91. The van der Waals surface area contributed by atoms with E-state index in [2.05, 4.69) is 4.98 Å². The monoisotopic (exact) mass is 590 g/mol. The first-order valence-corrected chi connectivity index (χ1v) is 15.7. The minimum atomic E-state index is -3.49. The standard InChI is InChI=1S/C32H38N4O5S/c1-5-7-21-42(39,40)36(20-19-35(3)4)26-16-14-25(15-17-26)33-30(23-11-9-8-10-12-23)29-27-18-13-24(32(38)41-6-2)22-28(27)34-31(29)37/h8-18,22,34,37H,5-7,19-21H2,1-4H3. The number of aromatic hydroxyl groups is 1. The molecular formula is C32H38N4O5S. The average molecular weight is 591 g/mol. The number of rotatable bonds is 13. The Kier molecular flexibility index (Phi) is 10.0. The van der Waals surface area contributed by atoms with Crippen molar-refractivity contribution in [2.45, 2.75) is 26.7 Å². The number of benzene rings is 3. The number of fused-ring (bicyclic) bond motifs is 1. The second-order valence-corrected chi connectivity index (χ2v) is 12.2. The van der Waals surface area contributed by atoms with Crippen molar-refractivity contribution in [3.05, 3.63) is 89.5 Å². The molecule has 2 N–H and O–H groups in total. The maximum Gasteiger partial charge on any atom is 0.338 e. The van der Waals surface area contributed by atoms with Gasteiger partial charge in [0.1, 0.15) is 0 Å². The fraction of sp³-hybridized carbons (Fsp3) is 0.312. The number of hydrogen-bond acceptors (Lipinski definition) is 7. The van der Waals surface area contributed by atoms with Gasteiger partial charge < -0.3 is 19.7 Å². The first-order chi connectivity index (χ1) is 20.1. The summed E-state index contributed by atoms with van der Waals surface area (Å²) in [6, 6.07) is 21.7. The Morgan fingerprint density at radius 3 is 2.31 bits per heavy atom. The number of sulfonamides is 1. The lowest BCUT2D eigenvalue weighted by Crippen LogP contribution is -2.38.